The molecule has 3 aromatic rings. The van der Waals surface area contributed by atoms with Crippen molar-refractivity contribution in [3.8, 4) is 0 Å². The van der Waals surface area contributed by atoms with Crippen molar-refractivity contribution in [2.45, 2.75) is 5.37 Å². The zero-order chi connectivity index (χ0) is 16.5. The van der Waals surface area contributed by atoms with Crippen LogP contribution in [0.3, 0.4) is 0 Å². The molecule has 2 nitrogen and oxygen atoms in total. The third-order valence-electron chi connectivity index (χ3n) is 4.33. The molecule has 120 valence electrons. The van der Waals surface area contributed by atoms with Crippen LogP contribution in [0.5, 0.6) is 0 Å². The minimum Gasteiger partial charge on any atom is -0.322 e. The van der Waals surface area contributed by atoms with Crippen LogP contribution in [0.4, 0.5) is 0 Å². The number of halogens is 1. The second kappa shape index (κ2) is 6.61. The summed E-state index contributed by atoms with van der Waals surface area (Å²) < 4.78 is 1.06. The number of hydrogen-bond donors (Lipinski definition) is 0. The van der Waals surface area contributed by atoms with E-state index in [1.54, 1.807) is 0 Å². The first-order valence-corrected chi connectivity index (χ1v) is 9.74. The molecule has 1 fully saturated rings. The van der Waals surface area contributed by atoms with Gasteiger partial charge in [0.25, 0.3) is 5.91 Å². The molecule has 1 amide bonds. The molecule has 1 atom stereocenters. The fourth-order valence-electron chi connectivity index (χ4n) is 3.15. The third-order valence-corrected chi connectivity index (χ3v) is 6.12. The fraction of sp³-hybridized carbons (Fsp3) is 0.150. The second-order valence-electron chi connectivity index (χ2n) is 5.80. The summed E-state index contributed by atoms with van der Waals surface area (Å²) in [5, 5.41) is 2.22. The maximum atomic E-state index is 13.2. The maximum absolute atomic E-state index is 13.2. The van der Waals surface area contributed by atoms with Gasteiger partial charge in [-0.15, -0.1) is 11.8 Å². The Labute approximate surface area is 154 Å². The summed E-state index contributed by atoms with van der Waals surface area (Å²) in [4.78, 5) is 15.2. The van der Waals surface area contributed by atoms with Gasteiger partial charge in [-0.05, 0) is 34.5 Å². The summed E-state index contributed by atoms with van der Waals surface area (Å²) in [6, 6.07) is 22.3. The molecular weight excluding hydrogens is 382 g/mol. The Morgan fingerprint density at radius 3 is 2.58 bits per heavy atom. The smallest absolute Gasteiger partial charge is 0.255 e. The quantitative estimate of drug-likeness (QED) is 0.569. The van der Waals surface area contributed by atoms with E-state index in [1.807, 2.05) is 59.1 Å². The molecular formula is C20H16BrNOS. The molecule has 0 aliphatic carbocycles. The number of fused-ring (bicyclic) bond motifs is 1. The van der Waals surface area contributed by atoms with Crippen molar-refractivity contribution in [2.24, 2.45) is 0 Å². The summed E-state index contributed by atoms with van der Waals surface area (Å²) in [6.45, 7) is 0.785. The molecule has 0 saturated carbocycles. The summed E-state index contributed by atoms with van der Waals surface area (Å²) in [5.74, 6) is 1.08. The number of carbonyl (C=O) groups is 1. The van der Waals surface area contributed by atoms with Crippen LogP contribution < -0.4 is 0 Å². The predicted molar refractivity (Wildman–Crippen MR) is 104 cm³/mol. The van der Waals surface area contributed by atoms with E-state index in [0.717, 1.165) is 33.1 Å². The van der Waals surface area contributed by atoms with E-state index in [0.29, 0.717) is 0 Å². The lowest BCUT2D eigenvalue weighted by Crippen LogP contribution is -2.30. The Bertz CT molecular complexity index is 888. The number of hydrogen-bond acceptors (Lipinski definition) is 2. The Morgan fingerprint density at radius 2 is 1.75 bits per heavy atom. The Morgan fingerprint density at radius 1 is 1.00 bits per heavy atom. The first-order valence-electron chi connectivity index (χ1n) is 7.90. The molecule has 0 N–H and O–H groups in total. The van der Waals surface area contributed by atoms with E-state index in [1.165, 1.54) is 5.56 Å². The van der Waals surface area contributed by atoms with Crippen LogP contribution in [0, 0.1) is 0 Å². The molecule has 1 aliphatic rings. The van der Waals surface area contributed by atoms with Gasteiger partial charge in [0, 0.05) is 22.3 Å². The van der Waals surface area contributed by atoms with Crippen molar-refractivity contribution >= 4 is 44.4 Å². The number of benzene rings is 3. The van der Waals surface area contributed by atoms with Gasteiger partial charge in [-0.2, -0.15) is 0 Å². The highest BCUT2D eigenvalue weighted by Gasteiger charge is 2.31. The summed E-state index contributed by atoms with van der Waals surface area (Å²) in [7, 11) is 0. The Balaban J connectivity index is 1.71. The average Bonchev–Trinajstić information content (AvgIpc) is 3.11. The van der Waals surface area contributed by atoms with E-state index >= 15 is 0 Å². The molecule has 4 rings (SSSR count). The molecule has 4 heteroatoms. The highest BCUT2D eigenvalue weighted by Crippen LogP contribution is 2.39. The van der Waals surface area contributed by atoms with Crippen LogP contribution in [0.1, 0.15) is 21.3 Å². The lowest BCUT2D eigenvalue weighted by molar-refractivity contribution is 0.0762. The van der Waals surface area contributed by atoms with Crippen molar-refractivity contribution in [3.63, 3.8) is 0 Å². The van der Waals surface area contributed by atoms with Gasteiger partial charge < -0.3 is 4.90 Å². The first-order chi connectivity index (χ1) is 11.7. The van der Waals surface area contributed by atoms with Crippen LogP contribution in [0.15, 0.2) is 71.2 Å². The molecule has 1 saturated heterocycles. The van der Waals surface area contributed by atoms with Crippen LogP contribution >= 0.6 is 27.7 Å². The highest BCUT2D eigenvalue weighted by atomic mass is 79.9. The summed E-state index contributed by atoms with van der Waals surface area (Å²) in [5.41, 5.74) is 1.96. The zero-order valence-electron chi connectivity index (χ0n) is 13.0. The van der Waals surface area contributed by atoms with E-state index in [9.17, 15) is 4.79 Å². The summed E-state index contributed by atoms with van der Waals surface area (Å²) >= 11 is 5.30. The molecule has 0 spiro atoms. The zero-order valence-corrected chi connectivity index (χ0v) is 15.4. The van der Waals surface area contributed by atoms with Gasteiger partial charge >= 0.3 is 0 Å². The van der Waals surface area contributed by atoms with Gasteiger partial charge in [-0.25, -0.2) is 0 Å². The molecule has 0 radical (unpaired) electrons. The van der Waals surface area contributed by atoms with E-state index < -0.39 is 0 Å². The minimum atomic E-state index is 0.0876. The van der Waals surface area contributed by atoms with Gasteiger partial charge in [-0.3, -0.25) is 4.79 Å². The second-order valence-corrected chi connectivity index (χ2v) is 7.90. The van der Waals surface area contributed by atoms with Crippen molar-refractivity contribution < 1.29 is 4.79 Å². The van der Waals surface area contributed by atoms with Gasteiger partial charge in [0.15, 0.2) is 0 Å². The topological polar surface area (TPSA) is 20.3 Å². The van der Waals surface area contributed by atoms with E-state index in [-0.39, 0.29) is 11.3 Å². The monoisotopic (exact) mass is 397 g/mol. The SMILES string of the molecule is O=C(c1cccc2ccccc12)N1CCSC1c1ccc(Br)cc1. The highest BCUT2D eigenvalue weighted by molar-refractivity contribution is 9.10. The van der Waals surface area contributed by atoms with Crippen molar-refractivity contribution in [1.82, 2.24) is 4.90 Å². The van der Waals surface area contributed by atoms with Crippen LogP contribution in [-0.4, -0.2) is 23.1 Å². The van der Waals surface area contributed by atoms with Gasteiger partial charge in [0.1, 0.15) is 5.37 Å². The molecule has 1 heterocycles. The predicted octanol–water partition coefficient (Wildman–Crippen LogP) is 5.49. The number of rotatable bonds is 2. The van der Waals surface area contributed by atoms with Crippen LogP contribution in [0.25, 0.3) is 10.8 Å². The van der Waals surface area contributed by atoms with Crippen LogP contribution in [-0.2, 0) is 0 Å². The van der Waals surface area contributed by atoms with Crippen molar-refractivity contribution in [1.29, 1.82) is 0 Å². The Hall–Kier alpha value is -1.78. The van der Waals surface area contributed by atoms with Gasteiger partial charge in [0.05, 0.1) is 0 Å². The van der Waals surface area contributed by atoms with Gasteiger partial charge in [0.2, 0.25) is 0 Å². The molecule has 3 aromatic carbocycles. The first kappa shape index (κ1) is 15.7. The number of thioether (sulfide) groups is 1. The standard InChI is InChI=1S/C20H16BrNOS/c21-16-10-8-15(9-11-16)20-22(12-13-24-20)19(23)18-7-3-5-14-4-1-2-6-17(14)18/h1-11,20H,12-13H2. The third kappa shape index (κ3) is 2.85. The lowest BCUT2D eigenvalue weighted by Gasteiger charge is -2.25. The van der Waals surface area contributed by atoms with Crippen molar-refractivity contribution in [3.05, 3.63) is 82.3 Å². The summed E-state index contributed by atoms with van der Waals surface area (Å²) in [6.07, 6.45) is 0. The largest absolute Gasteiger partial charge is 0.322 e. The fourth-order valence-corrected chi connectivity index (χ4v) is 4.67. The van der Waals surface area contributed by atoms with Crippen LogP contribution in [0.2, 0.25) is 0 Å². The normalized spacial score (nSPS) is 17.4. The van der Waals surface area contributed by atoms with E-state index in [4.69, 9.17) is 0 Å². The number of nitrogens with zero attached hydrogens (tertiary/aromatic N) is 1. The molecule has 0 aromatic heterocycles. The Kier molecular flexibility index (Phi) is 4.33. The molecule has 24 heavy (non-hydrogen) atoms. The maximum Gasteiger partial charge on any atom is 0.255 e. The molecule has 1 unspecified atom stereocenters. The number of carbonyl (C=O) groups excluding carboxylic acids is 1. The number of amides is 1. The minimum absolute atomic E-state index is 0.0876. The van der Waals surface area contributed by atoms with Crippen molar-refractivity contribution in [2.75, 3.05) is 12.3 Å². The lowest BCUT2D eigenvalue weighted by atomic mass is 10.0. The molecule has 1 aliphatic heterocycles. The van der Waals surface area contributed by atoms with Gasteiger partial charge in [-0.1, -0.05) is 64.5 Å². The van der Waals surface area contributed by atoms with E-state index in [2.05, 4.69) is 40.2 Å². The average molecular weight is 398 g/mol. The molecule has 0 bridgehead atoms.